The van der Waals surface area contributed by atoms with E-state index in [0.29, 0.717) is 35.9 Å². The van der Waals surface area contributed by atoms with Gasteiger partial charge in [0.05, 0.1) is 6.54 Å². The molecule has 0 spiro atoms. The zero-order chi connectivity index (χ0) is 14.8. The number of hydrogen-bond acceptors (Lipinski definition) is 5. The Morgan fingerprint density at radius 3 is 2.71 bits per heavy atom. The molecule has 1 saturated carbocycles. The maximum Gasteiger partial charge on any atom is 0.257 e. The molecule has 1 aliphatic rings. The van der Waals surface area contributed by atoms with Gasteiger partial charge in [-0.2, -0.15) is 4.98 Å². The van der Waals surface area contributed by atoms with Crippen LogP contribution in [-0.4, -0.2) is 34.7 Å². The fourth-order valence-corrected chi connectivity index (χ4v) is 2.71. The Kier molecular flexibility index (Phi) is 4.24. The molecule has 0 saturated heterocycles. The molecule has 0 amide bonds. The highest BCUT2D eigenvalue weighted by Gasteiger charge is 2.33. The fraction of sp³-hybridized carbons (Fsp3) is 0.467. The topological polar surface area (TPSA) is 68.2 Å². The van der Waals surface area contributed by atoms with Crippen LogP contribution in [0.1, 0.15) is 18.7 Å². The van der Waals surface area contributed by atoms with E-state index in [1.165, 1.54) is 12.8 Å². The summed E-state index contributed by atoms with van der Waals surface area (Å²) in [4.78, 5) is 6.66. The Bertz CT molecular complexity index is 594. The van der Waals surface area contributed by atoms with E-state index in [1.54, 1.807) is 0 Å². The molecule has 3 rings (SSSR count). The van der Waals surface area contributed by atoms with Crippen LogP contribution in [0.5, 0.6) is 0 Å². The van der Waals surface area contributed by atoms with Gasteiger partial charge in [0.2, 0.25) is 0 Å². The van der Waals surface area contributed by atoms with Gasteiger partial charge in [-0.25, -0.2) is 0 Å². The molecular formula is C15H19ClN4O. The lowest BCUT2D eigenvalue weighted by molar-refractivity contribution is 0.208. The van der Waals surface area contributed by atoms with Crippen molar-refractivity contribution >= 4 is 11.6 Å². The summed E-state index contributed by atoms with van der Waals surface area (Å²) in [7, 11) is 2.06. The van der Waals surface area contributed by atoms with Crippen molar-refractivity contribution in [1.82, 2.24) is 15.0 Å². The Morgan fingerprint density at radius 1 is 1.38 bits per heavy atom. The van der Waals surface area contributed by atoms with Crippen LogP contribution in [-0.2, 0) is 6.54 Å². The molecular weight excluding hydrogens is 288 g/mol. The van der Waals surface area contributed by atoms with Crippen molar-refractivity contribution in [2.24, 2.45) is 11.7 Å². The molecule has 5 nitrogen and oxygen atoms in total. The molecule has 0 aliphatic heterocycles. The van der Waals surface area contributed by atoms with E-state index in [-0.39, 0.29) is 0 Å². The highest BCUT2D eigenvalue weighted by Crippen LogP contribution is 2.34. The summed E-state index contributed by atoms with van der Waals surface area (Å²) < 4.78 is 5.32. The normalized spacial score (nSPS) is 16.4. The van der Waals surface area contributed by atoms with Crippen LogP contribution in [0, 0.1) is 5.92 Å². The lowest BCUT2D eigenvalue weighted by Crippen LogP contribution is -2.39. The van der Waals surface area contributed by atoms with Crippen LogP contribution in [0.25, 0.3) is 11.5 Å². The molecule has 112 valence electrons. The molecule has 1 atom stereocenters. The number of rotatable bonds is 6. The van der Waals surface area contributed by atoms with Crippen molar-refractivity contribution in [3.63, 3.8) is 0 Å². The standard InChI is InChI=1S/C15H19ClN4O/c1-20(13(8-17)10-2-3-10)9-14-18-15(21-19-14)11-4-6-12(16)7-5-11/h4-7,10,13H,2-3,8-9,17H2,1H3. The minimum Gasteiger partial charge on any atom is -0.334 e. The molecule has 6 heteroatoms. The first-order valence-corrected chi connectivity index (χ1v) is 7.54. The summed E-state index contributed by atoms with van der Waals surface area (Å²) in [5, 5.41) is 4.74. The predicted octanol–water partition coefficient (Wildman–Crippen LogP) is 2.56. The maximum atomic E-state index is 5.87. The smallest absolute Gasteiger partial charge is 0.257 e. The molecule has 2 N–H and O–H groups in total. The zero-order valence-corrected chi connectivity index (χ0v) is 12.8. The van der Waals surface area contributed by atoms with E-state index in [1.807, 2.05) is 24.3 Å². The number of aromatic nitrogens is 2. The second-order valence-corrected chi connectivity index (χ2v) is 6.01. The molecule has 1 fully saturated rings. The SMILES string of the molecule is CN(Cc1noc(-c2ccc(Cl)cc2)n1)C(CN)C1CC1. The lowest BCUT2D eigenvalue weighted by atomic mass is 10.1. The van der Waals surface area contributed by atoms with Crippen molar-refractivity contribution in [2.45, 2.75) is 25.4 Å². The van der Waals surface area contributed by atoms with Crippen LogP contribution < -0.4 is 5.73 Å². The average molecular weight is 307 g/mol. The third-order valence-corrected chi connectivity index (χ3v) is 4.18. The third kappa shape index (κ3) is 3.43. The van der Waals surface area contributed by atoms with E-state index in [0.717, 1.165) is 11.5 Å². The van der Waals surface area contributed by atoms with E-state index in [2.05, 4.69) is 22.1 Å². The summed E-state index contributed by atoms with van der Waals surface area (Å²) in [6.45, 7) is 1.32. The van der Waals surface area contributed by atoms with Gasteiger partial charge < -0.3 is 10.3 Å². The van der Waals surface area contributed by atoms with Crippen molar-refractivity contribution in [1.29, 1.82) is 0 Å². The van der Waals surface area contributed by atoms with Crippen LogP contribution >= 0.6 is 11.6 Å². The Morgan fingerprint density at radius 2 is 2.10 bits per heavy atom. The molecule has 1 unspecified atom stereocenters. The van der Waals surface area contributed by atoms with Crippen molar-refractivity contribution in [3.05, 3.63) is 35.1 Å². The quantitative estimate of drug-likeness (QED) is 0.888. The van der Waals surface area contributed by atoms with E-state index >= 15 is 0 Å². The van der Waals surface area contributed by atoms with E-state index < -0.39 is 0 Å². The predicted molar refractivity (Wildman–Crippen MR) is 81.8 cm³/mol. The lowest BCUT2D eigenvalue weighted by Gasteiger charge is -2.25. The first-order chi connectivity index (χ1) is 10.2. The fourth-order valence-electron chi connectivity index (χ4n) is 2.58. The minimum absolute atomic E-state index is 0.405. The second kappa shape index (κ2) is 6.13. The second-order valence-electron chi connectivity index (χ2n) is 5.58. The Hall–Kier alpha value is -1.43. The summed E-state index contributed by atoms with van der Waals surface area (Å²) in [5.74, 6) is 1.93. The molecule has 21 heavy (non-hydrogen) atoms. The number of halogens is 1. The summed E-state index contributed by atoms with van der Waals surface area (Å²) >= 11 is 5.87. The molecule has 1 heterocycles. The van der Waals surface area contributed by atoms with Gasteiger partial charge in [0.25, 0.3) is 5.89 Å². The average Bonchev–Trinajstić information content (AvgIpc) is 3.20. The van der Waals surface area contributed by atoms with Gasteiger partial charge >= 0.3 is 0 Å². The summed E-state index contributed by atoms with van der Waals surface area (Å²) in [6.07, 6.45) is 2.54. The summed E-state index contributed by atoms with van der Waals surface area (Å²) in [5.41, 5.74) is 6.73. The number of nitrogens with two attached hydrogens (primary N) is 1. The largest absolute Gasteiger partial charge is 0.334 e. The molecule has 0 radical (unpaired) electrons. The number of benzene rings is 1. The molecule has 1 aromatic heterocycles. The highest BCUT2D eigenvalue weighted by molar-refractivity contribution is 6.30. The van der Waals surface area contributed by atoms with E-state index in [4.69, 9.17) is 21.9 Å². The van der Waals surface area contributed by atoms with Crippen LogP contribution in [0.4, 0.5) is 0 Å². The first kappa shape index (κ1) is 14.5. The van der Waals surface area contributed by atoms with Gasteiger partial charge in [0, 0.05) is 23.2 Å². The van der Waals surface area contributed by atoms with Crippen LogP contribution in [0.15, 0.2) is 28.8 Å². The molecule has 2 aromatic rings. The van der Waals surface area contributed by atoms with Gasteiger partial charge in [-0.3, -0.25) is 4.90 Å². The van der Waals surface area contributed by atoms with Gasteiger partial charge in [0.15, 0.2) is 5.82 Å². The van der Waals surface area contributed by atoms with Crippen molar-refractivity contribution in [2.75, 3.05) is 13.6 Å². The minimum atomic E-state index is 0.405. The number of nitrogens with zero attached hydrogens (tertiary/aromatic N) is 3. The zero-order valence-electron chi connectivity index (χ0n) is 12.0. The van der Waals surface area contributed by atoms with Gasteiger partial charge in [-0.05, 0) is 50.1 Å². The van der Waals surface area contributed by atoms with Crippen molar-refractivity contribution in [3.8, 4) is 11.5 Å². The van der Waals surface area contributed by atoms with Gasteiger partial charge in [-0.1, -0.05) is 16.8 Å². The highest BCUT2D eigenvalue weighted by atomic mass is 35.5. The molecule has 1 aromatic carbocycles. The number of likely N-dealkylation sites (N-methyl/N-ethyl adjacent to an activating group) is 1. The Labute approximate surface area is 129 Å². The van der Waals surface area contributed by atoms with Crippen LogP contribution in [0.3, 0.4) is 0 Å². The first-order valence-electron chi connectivity index (χ1n) is 7.16. The van der Waals surface area contributed by atoms with Crippen molar-refractivity contribution < 1.29 is 4.52 Å². The summed E-state index contributed by atoms with van der Waals surface area (Å²) in [6, 6.07) is 7.77. The van der Waals surface area contributed by atoms with Gasteiger partial charge in [0.1, 0.15) is 0 Å². The molecule has 0 bridgehead atoms. The third-order valence-electron chi connectivity index (χ3n) is 3.92. The Balaban J connectivity index is 1.68. The van der Waals surface area contributed by atoms with Gasteiger partial charge in [-0.15, -0.1) is 0 Å². The number of hydrogen-bond donors (Lipinski definition) is 1. The van der Waals surface area contributed by atoms with Crippen LogP contribution in [0.2, 0.25) is 5.02 Å². The molecule has 1 aliphatic carbocycles. The van der Waals surface area contributed by atoms with E-state index in [9.17, 15) is 0 Å². The maximum absolute atomic E-state index is 5.87. The monoisotopic (exact) mass is 306 g/mol.